The van der Waals surface area contributed by atoms with Gasteiger partial charge in [0.1, 0.15) is 0 Å². The van der Waals surface area contributed by atoms with E-state index in [4.69, 9.17) is 9.84 Å². The first-order valence-electron chi connectivity index (χ1n) is 9.06. The van der Waals surface area contributed by atoms with Crippen LogP contribution in [0.2, 0.25) is 0 Å². The first kappa shape index (κ1) is 20.1. The molecular formula is C19H23N7O3. The Morgan fingerprint density at radius 2 is 2.07 bits per heavy atom. The van der Waals surface area contributed by atoms with Crippen LogP contribution in [-0.2, 0) is 13.6 Å². The van der Waals surface area contributed by atoms with Gasteiger partial charge in [-0.3, -0.25) is 15.0 Å². The summed E-state index contributed by atoms with van der Waals surface area (Å²) in [5, 5.41) is 18.7. The zero-order valence-corrected chi connectivity index (χ0v) is 16.7. The van der Waals surface area contributed by atoms with Crippen molar-refractivity contribution in [1.29, 1.82) is 0 Å². The first-order chi connectivity index (χ1) is 13.8. The smallest absolute Gasteiger partial charge is 0.409 e. The number of hydrogen-bond donors (Lipinski definition) is 3. The molecule has 0 spiro atoms. The van der Waals surface area contributed by atoms with Gasteiger partial charge in [-0.15, -0.1) is 0 Å². The standard InChI is InChI=1S/C19H23N7O3/c1-11(2)29-17-7-8-20-18(25-17)21-10-16-13(9-22-26(16)4)15-6-5-14(12(3)23-15)24-19(27)28/h5-9,11,24H,10H2,1-4H3,(H,27,28)(H,20,21,25). The molecular weight excluding hydrogens is 374 g/mol. The van der Waals surface area contributed by atoms with E-state index in [0.717, 1.165) is 11.3 Å². The maximum absolute atomic E-state index is 10.9. The van der Waals surface area contributed by atoms with Crippen molar-refractivity contribution in [1.82, 2.24) is 24.7 Å². The summed E-state index contributed by atoms with van der Waals surface area (Å²) in [5.74, 6) is 0.946. The van der Waals surface area contributed by atoms with E-state index >= 15 is 0 Å². The van der Waals surface area contributed by atoms with Gasteiger partial charge in [-0.05, 0) is 32.9 Å². The Kier molecular flexibility index (Phi) is 5.91. The predicted octanol–water partition coefficient (Wildman–Crippen LogP) is 3.07. The molecule has 152 valence electrons. The highest BCUT2D eigenvalue weighted by Gasteiger charge is 2.14. The number of rotatable bonds is 7. The number of carboxylic acid groups (broad SMARTS) is 1. The molecule has 3 heterocycles. The van der Waals surface area contributed by atoms with Gasteiger partial charge in [0, 0.05) is 24.9 Å². The topological polar surface area (TPSA) is 127 Å². The van der Waals surface area contributed by atoms with Crippen molar-refractivity contribution in [2.75, 3.05) is 10.6 Å². The van der Waals surface area contributed by atoms with Gasteiger partial charge in [-0.2, -0.15) is 10.1 Å². The van der Waals surface area contributed by atoms with Crippen LogP contribution in [-0.4, -0.2) is 42.0 Å². The molecule has 29 heavy (non-hydrogen) atoms. The second kappa shape index (κ2) is 8.55. The van der Waals surface area contributed by atoms with Gasteiger partial charge in [0.2, 0.25) is 11.8 Å². The minimum absolute atomic E-state index is 0.0225. The van der Waals surface area contributed by atoms with Crippen molar-refractivity contribution in [2.45, 2.75) is 33.4 Å². The van der Waals surface area contributed by atoms with E-state index in [0.29, 0.717) is 35.4 Å². The normalized spacial score (nSPS) is 10.8. The number of pyridine rings is 1. The van der Waals surface area contributed by atoms with Gasteiger partial charge < -0.3 is 15.2 Å². The Bertz CT molecular complexity index is 1020. The average Bonchev–Trinajstić information content (AvgIpc) is 3.02. The molecule has 3 aromatic rings. The van der Waals surface area contributed by atoms with Crippen molar-refractivity contribution < 1.29 is 14.6 Å². The van der Waals surface area contributed by atoms with Crippen LogP contribution in [0.25, 0.3) is 11.3 Å². The molecule has 0 bridgehead atoms. The molecule has 0 saturated carbocycles. The quantitative estimate of drug-likeness (QED) is 0.555. The number of aromatic nitrogens is 5. The molecule has 3 N–H and O–H groups in total. The predicted molar refractivity (Wildman–Crippen MR) is 108 cm³/mol. The van der Waals surface area contributed by atoms with Crippen LogP contribution in [0.1, 0.15) is 25.2 Å². The van der Waals surface area contributed by atoms with Gasteiger partial charge in [-0.1, -0.05) is 0 Å². The number of aryl methyl sites for hydroxylation is 2. The Morgan fingerprint density at radius 3 is 2.76 bits per heavy atom. The number of ether oxygens (including phenoxy) is 1. The molecule has 0 fully saturated rings. The fraction of sp³-hybridized carbons (Fsp3) is 0.316. The fourth-order valence-electron chi connectivity index (χ4n) is 2.74. The second-order valence-electron chi connectivity index (χ2n) is 6.63. The molecule has 10 heteroatoms. The van der Waals surface area contributed by atoms with Crippen molar-refractivity contribution >= 4 is 17.7 Å². The third kappa shape index (κ3) is 4.98. The summed E-state index contributed by atoms with van der Waals surface area (Å²) in [5.41, 5.74) is 3.44. The number of anilines is 2. The molecule has 0 saturated heterocycles. The minimum atomic E-state index is -1.13. The summed E-state index contributed by atoms with van der Waals surface area (Å²) in [6.45, 7) is 6.04. The lowest BCUT2D eigenvalue weighted by molar-refractivity contribution is 0.209. The van der Waals surface area contributed by atoms with Crippen LogP contribution in [0.15, 0.2) is 30.6 Å². The highest BCUT2D eigenvalue weighted by atomic mass is 16.5. The van der Waals surface area contributed by atoms with E-state index in [1.807, 2.05) is 20.9 Å². The van der Waals surface area contributed by atoms with E-state index in [-0.39, 0.29) is 6.10 Å². The number of hydrogen-bond acceptors (Lipinski definition) is 7. The van der Waals surface area contributed by atoms with Crippen LogP contribution in [0, 0.1) is 6.92 Å². The number of amides is 1. The van der Waals surface area contributed by atoms with Crippen LogP contribution in [0.4, 0.5) is 16.4 Å². The molecule has 3 aromatic heterocycles. The van der Waals surface area contributed by atoms with E-state index in [2.05, 4.69) is 30.7 Å². The van der Waals surface area contributed by atoms with E-state index in [9.17, 15) is 4.79 Å². The van der Waals surface area contributed by atoms with Crippen molar-refractivity contribution in [3.05, 3.63) is 42.0 Å². The van der Waals surface area contributed by atoms with Gasteiger partial charge in [0.15, 0.2) is 0 Å². The molecule has 10 nitrogen and oxygen atoms in total. The zero-order chi connectivity index (χ0) is 21.0. The van der Waals surface area contributed by atoms with Gasteiger partial charge >= 0.3 is 6.09 Å². The largest absolute Gasteiger partial charge is 0.475 e. The molecule has 0 atom stereocenters. The van der Waals surface area contributed by atoms with Crippen molar-refractivity contribution in [2.24, 2.45) is 7.05 Å². The van der Waals surface area contributed by atoms with Gasteiger partial charge in [0.25, 0.3) is 0 Å². The molecule has 0 aliphatic carbocycles. The van der Waals surface area contributed by atoms with Gasteiger partial charge in [-0.25, -0.2) is 9.78 Å². The third-order valence-electron chi connectivity index (χ3n) is 4.07. The Morgan fingerprint density at radius 1 is 1.28 bits per heavy atom. The number of carbonyl (C=O) groups is 1. The maximum Gasteiger partial charge on any atom is 0.409 e. The minimum Gasteiger partial charge on any atom is -0.475 e. The molecule has 1 amide bonds. The molecule has 0 aliphatic rings. The summed E-state index contributed by atoms with van der Waals surface area (Å²) in [6.07, 6.45) is 2.25. The fourth-order valence-corrected chi connectivity index (χ4v) is 2.74. The van der Waals surface area contributed by atoms with Crippen LogP contribution in [0.3, 0.4) is 0 Å². The highest BCUT2D eigenvalue weighted by molar-refractivity contribution is 5.84. The van der Waals surface area contributed by atoms with E-state index < -0.39 is 6.09 Å². The van der Waals surface area contributed by atoms with Crippen molar-refractivity contribution in [3.63, 3.8) is 0 Å². The molecule has 0 aromatic carbocycles. The lowest BCUT2D eigenvalue weighted by Gasteiger charge is -2.11. The maximum atomic E-state index is 10.9. The number of nitrogens with zero attached hydrogens (tertiary/aromatic N) is 5. The first-order valence-corrected chi connectivity index (χ1v) is 9.06. The monoisotopic (exact) mass is 397 g/mol. The SMILES string of the molecule is Cc1nc(-c2cnn(C)c2CNc2nccc(OC(C)C)n2)ccc1NC(=O)O. The highest BCUT2D eigenvalue weighted by Crippen LogP contribution is 2.25. The summed E-state index contributed by atoms with van der Waals surface area (Å²) in [4.78, 5) is 23.9. The summed E-state index contributed by atoms with van der Waals surface area (Å²) >= 11 is 0. The molecule has 3 rings (SSSR count). The molecule has 0 unspecified atom stereocenters. The van der Waals surface area contributed by atoms with E-state index in [1.165, 1.54) is 0 Å². The Labute approximate surface area is 168 Å². The van der Waals surface area contributed by atoms with E-state index in [1.54, 1.807) is 42.2 Å². The summed E-state index contributed by atoms with van der Waals surface area (Å²) in [7, 11) is 1.84. The Hall–Kier alpha value is -3.69. The lowest BCUT2D eigenvalue weighted by atomic mass is 10.1. The van der Waals surface area contributed by atoms with Crippen LogP contribution >= 0.6 is 0 Å². The third-order valence-corrected chi connectivity index (χ3v) is 4.07. The summed E-state index contributed by atoms with van der Waals surface area (Å²) < 4.78 is 7.34. The van der Waals surface area contributed by atoms with Crippen molar-refractivity contribution in [3.8, 4) is 17.1 Å². The number of nitrogens with one attached hydrogen (secondary N) is 2. The Balaban J connectivity index is 1.80. The summed E-state index contributed by atoms with van der Waals surface area (Å²) in [6, 6.07) is 5.15. The average molecular weight is 397 g/mol. The van der Waals surface area contributed by atoms with Crippen LogP contribution < -0.4 is 15.4 Å². The molecule has 0 radical (unpaired) electrons. The second-order valence-corrected chi connectivity index (χ2v) is 6.63. The van der Waals surface area contributed by atoms with Gasteiger partial charge in [0.05, 0.1) is 41.6 Å². The lowest BCUT2D eigenvalue weighted by Crippen LogP contribution is -2.11. The zero-order valence-electron chi connectivity index (χ0n) is 16.7. The molecule has 0 aliphatic heterocycles. The van der Waals surface area contributed by atoms with Crippen LogP contribution in [0.5, 0.6) is 5.88 Å².